The van der Waals surface area contributed by atoms with Crippen molar-refractivity contribution in [2.45, 2.75) is 64.6 Å². The molecule has 0 radical (unpaired) electrons. The highest BCUT2D eigenvalue weighted by Gasteiger charge is 2.68. The molecule has 26 heavy (non-hydrogen) atoms. The number of carbonyl (C=O) groups excluding carboxylic acids is 2. The number of piperidine rings is 1. The molecule has 2 aliphatic rings. The maximum Gasteiger partial charge on any atom is 0.411 e. The molecule has 7 nitrogen and oxygen atoms in total. The van der Waals surface area contributed by atoms with Gasteiger partial charge in [-0.25, -0.2) is 9.59 Å². The number of nitrogens with zero attached hydrogens (tertiary/aromatic N) is 2. The van der Waals surface area contributed by atoms with E-state index in [2.05, 4.69) is 4.90 Å². The second-order valence-corrected chi connectivity index (χ2v) is 8.65. The molecule has 0 bridgehead atoms. The van der Waals surface area contributed by atoms with Gasteiger partial charge in [0.2, 0.25) is 0 Å². The summed E-state index contributed by atoms with van der Waals surface area (Å²) < 4.78 is 16.6. The first-order chi connectivity index (χ1) is 12.1. The summed E-state index contributed by atoms with van der Waals surface area (Å²) in [7, 11) is 4.07. The van der Waals surface area contributed by atoms with Crippen LogP contribution in [0, 0.1) is 5.41 Å². The minimum absolute atomic E-state index is 0.000560. The van der Waals surface area contributed by atoms with Crippen molar-refractivity contribution in [2.75, 3.05) is 40.5 Å². The lowest BCUT2D eigenvalue weighted by atomic mass is 10.0. The summed E-state index contributed by atoms with van der Waals surface area (Å²) in [5, 5.41) is 0. The average molecular weight is 370 g/mol. The van der Waals surface area contributed by atoms with Crippen LogP contribution < -0.4 is 0 Å². The standard InChI is InChI=1S/C19H34N2O5/c1-7-25-16(22)14-11-19(13-24-10-8-9-20(5)6)12-15(19)21(14)17(23)26-18(2,3)4/h14-15H,7-13H2,1-6H3/t14-,15-,19+/m0/s1. The zero-order chi connectivity index (χ0) is 19.5. The van der Waals surface area contributed by atoms with Gasteiger partial charge in [-0.05, 0) is 67.6 Å². The normalized spacial score (nSPS) is 27.4. The van der Waals surface area contributed by atoms with E-state index in [-0.39, 0.29) is 17.4 Å². The number of esters is 1. The Balaban J connectivity index is 1.98. The molecule has 0 aromatic heterocycles. The van der Waals surface area contributed by atoms with E-state index in [4.69, 9.17) is 14.2 Å². The molecule has 2 rings (SSSR count). The maximum absolute atomic E-state index is 12.7. The van der Waals surface area contributed by atoms with Gasteiger partial charge in [0.25, 0.3) is 0 Å². The lowest BCUT2D eigenvalue weighted by molar-refractivity contribution is -0.149. The zero-order valence-corrected chi connectivity index (χ0v) is 17.0. The third kappa shape index (κ3) is 5.10. The van der Waals surface area contributed by atoms with Crippen molar-refractivity contribution in [3.63, 3.8) is 0 Å². The third-order valence-corrected chi connectivity index (χ3v) is 4.86. The summed E-state index contributed by atoms with van der Waals surface area (Å²) >= 11 is 0. The Morgan fingerprint density at radius 3 is 2.50 bits per heavy atom. The highest BCUT2D eigenvalue weighted by atomic mass is 16.6. The number of ether oxygens (including phenoxy) is 3. The smallest absolute Gasteiger partial charge is 0.411 e. The molecule has 1 aliphatic heterocycles. The molecule has 0 spiro atoms. The molecular formula is C19H34N2O5. The van der Waals surface area contributed by atoms with Gasteiger partial charge in [-0.1, -0.05) is 0 Å². The van der Waals surface area contributed by atoms with Crippen LogP contribution in [0.1, 0.15) is 47.0 Å². The Hall–Kier alpha value is -1.34. The van der Waals surface area contributed by atoms with Gasteiger partial charge in [-0.2, -0.15) is 0 Å². The van der Waals surface area contributed by atoms with E-state index in [0.717, 1.165) is 19.4 Å². The molecular weight excluding hydrogens is 336 g/mol. The van der Waals surface area contributed by atoms with Gasteiger partial charge in [0.05, 0.1) is 13.2 Å². The quantitative estimate of drug-likeness (QED) is 0.482. The van der Waals surface area contributed by atoms with Crippen LogP contribution in [0.2, 0.25) is 0 Å². The molecule has 1 aliphatic carbocycles. The first-order valence-electron chi connectivity index (χ1n) is 9.50. The molecule has 0 aromatic rings. The van der Waals surface area contributed by atoms with Crippen molar-refractivity contribution in [3.8, 4) is 0 Å². The van der Waals surface area contributed by atoms with Crippen LogP contribution in [0.3, 0.4) is 0 Å². The van der Waals surface area contributed by atoms with E-state index in [1.807, 2.05) is 34.9 Å². The number of likely N-dealkylation sites (tertiary alicyclic amines) is 1. The van der Waals surface area contributed by atoms with E-state index in [9.17, 15) is 9.59 Å². The molecule has 0 N–H and O–H groups in total. The first-order valence-corrected chi connectivity index (χ1v) is 9.50. The van der Waals surface area contributed by atoms with Gasteiger partial charge in [0, 0.05) is 18.1 Å². The van der Waals surface area contributed by atoms with Crippen LogP contribution in [0.5, 0.6) is 0 Å². The summed E-state index contributed by atoms with van der Waals surface area (Å²) in [5.41, 5.74) is -0.731. The van der Waals surface area contributed by atoms with Crippen molar-refractivity contribution in [1.29, 1.82) is 0 Å². The largest absolute Gasteiger partial charge is 0.464 e. The lowest BCUT2D eigenvalue weighted by Gasteiger charge is -2.29. The van der Waals surface area contributed by atoms with E-state index >= 15 is 0 Å². The van der Waals surface area contributed by atoms with Crippen LogP contribution in [-0.2, 0) is 19.0 Å². The number of fused-ring (bicyclic) bond motifs is 1. The molecule has 1 saturated carbocycles. The number of hydrogen-bond acceptors (Lipinski definition) is 6. The van der Waals surface area contributed by atoms with Gasteiger partial charge < -0.3 is 19.1 Å². The Morgan fingerprint density at radius 1 is 1.23 bits per heavy atom. The van der Waals surface area contributed by atoms with E-state index < -0.39 is 17.7 Å². The van der Waals surface area contributed by atoms with Crippen LogP contribution in [0.25, 0.3) is 0 Å². The fourth-order valence-electron chi connectivity index (χ4n) is 3.62. The molecule has 1 amide bonds. The van der Waals surface area contributed by atoms with E-state index in [1.54, 1.807) is 11.8 Å². The Labute approximate surface area is 156 Å². The molecule has 0 aromatic carbocycles. The topological polar surface area (TPSA) is 68.3 Å². The van der Waals surface area contributed by atoms with Gasteiger partial charge in [0.15, 0.2) is 0 Å². The summed E-state index contributed by atoms with van der Waals surface area (Å²) in [6.45, 7) is 9.79. The molecule has 3 atom stereocenters. The maximum atomic E-state index is 12.7. The molecule has 0 unspecified atom stereocenters. The van der Waals surface area contributed by atoms with Gasteiger partial charge in [-0.3, -0.25) is 4.90 Å². The number of rotatable bonds is 8. The SMILES string of the molecule is CCOC(=O)[C@@H]1C[C@]2(COCCCN(C)C)C[C@@H]2N1C(=O)OC(C)(C)C. The van der Waals surface area contributed by atoms with Crippen molar-refractivity contribution >= 4 is 12.1 Å². The van der Waals surface area contributed by atoms with Gasteiger partial charge >= 0.3 is 12.1 Å². The second kappa shape index (κ2) is 8.13. The predicted octanol–water partition coefficient (Wildman–Crippen LogP) is 2.29. The lowest BCUT2D eigenvalue weighted by Crippen LogP contribution is -2.46. The minimum atomic E-state index is -0.598. The summed E-state index contributed by atoms with van der Waals surface area (Å²) in [6.07, 6.45) is 1.97. The minimum Gasteiger partial charge on any atom is -0.464 e. The summed E-state index contributed by atoms with van der Waals surface area (Å²) in [5.74, 6) is -0.349. The highest BCUT2D eigenvalue weighted by molar-refractivity contribution is 5.83. The highest BCUT2D eigenvalue weighted by Crippen LogP contribution is 2.60. The molecule has 2 fully saturated rings. The fraction of sp³-hybridized carbons (Fsp3) is 0.895. The predicted molar refractivity (Wildman–Crippen MR) is 97.9 cm³/mol. The molecule has 7 heteroatoms. The van der Waals surface area contributed by atoms with Crippen molar-refractivity contribution in [1.82, 2.24) is 9.80 Å². The Morgan fingerprint density at radius 2 is 1.92 bits per heavy atom. The Bertz CT molecular complexity index is 517. The van der Waals surface area contributed by atoms with E-state index in [0.29, 0.717) is 26.2 Å². The zero-order valence-electron chi connectivity index (χ0n) is 17.0. The number of amides is 1. The van der Waals surface area contributed by atoms with Crippen LogP contribution >= 0.6 is 0 Å². The van der Waals surface area contributed by atoms with Crippen LogP contribution in [-0.4, -0.2) is 80.0 Å². The van der Waals surface area contributed by atoms with Crippen molar-refractivity contribution < 1.29 is 23.8 Å². The van der Waals surface area contributed by atoms with Crippen molar-refractivity contribution in [3.05, 3.63) is 0 Å². The number of carbonyl (C=O) groups is 2. The van der Waals surface area contributed by atoms with Crippen LogP contribution in [0.15, 0.2) is 0 Å². The molecule has 1 heterocycles. The van der Waals surface area contributed by atoms with Gasteiger partial charge in [-0.15, -0.1) is 0 Å². The third-order valence-electron chi connectivity index (χ3n) is 4.86. The van der Waals surface area contributed by atoms with E-state index in [1.165, 1.54) is 0 Å². The second-order valence-electron chi connectivity index (χ2n) is 8.65. The monoisotopic (exact) mass is 370 g/mol. The number of hydrogen-bond donors (Lipinski definition) is 0. The van der Waals surface area contributed by atoms with Gasteiger partial charge in [0.1, 0.15) is 11.6 Å². The van der Waals surface area contributed by atoms with Crippen molar-refractivity contribution in [2.24, 2.45) is 5.41 Å². The Kier molecular flexibility index (Phi) is 6.55. The molecule has 1 saturated heterocycles. The average Bonchev–Trinajstić information content (AvgIpc) is 3.09. The summed E-state index contributed by atoms with van der Waals surface area (Å²) in [4.78, 5) is 28.7. The van der Waals surface area contributed by atoms with Crippen LogP contribution in [0.4, 0.5) is 4.79 Å². The fourth-order valence-corrected chi connectivity index (χ4v) is 3.62. The first kappa shape index (κ1) is 21.0. The summed E-state index contributed by atoms with van der Waals surface area (Å²) in [6, 6.07) is -0.575. The molecule has 150 valence electrons.